The zero-order valence-electron chi connectivity index (χ0n) is 12.5. The molecule has 0 radical (unpaired) electrons. The van der Waals surface area contributed by atoms with E-state index < -0.39 is 17.6 Å². The van der Waals surface area contributed by atoms with Crippen LogP contribution in [0.15, 0.2) is 23.1 Å². The average molecular weight is 292 g/mol. The number of pyridine rings is 1. The summed E-state index contributed by atoms with van der Waals surface area (Å²) in [6.07, 6.45) is 2.76. The lowest BCUT2D eigenvalue weighted by atomic mass is 10.1. The smallest absolute Gasteiger partial charge is 0.329 e. The predicted molar refractivity (Wildman–Crippen MR) is 77.0 cm³/mol. The highest BCUT2D eigenvalue weighted by molar-refractivity contribution is 5.97. The summed E-state index contributed by atoms with van der Waals surface area (Å²) in [5.74, 6) is -0.701. The Morgan fingerprint density at radius 1 is 1.38 bits per heavy atom. The Balaban J connectivity index is 2.17. The lowest BCUT2D eigenvalue weighted by Gasteiger charge is -2.27. The normalized spacial score (nSPS) is 18.6. The van der Waals surface area contributed by atoms with Gasteiger partial charge in [0.2, 0.25) is 5.56 Å². The van der Waals surface area contributed by atoms with E-state index in [1.807, 2.05) is 0 Å². The fraction of sp³-hybridized carbons (Fsp3) is 0.533. The van der Waals surface area contributed by atoms with Crippen LogP contribution in [-0.4, -0.2) is 39.9 Å². The maximum absolute atomic E-state index is 12.4. The molecular formula is C15H20N2O4. The molecular weight excluding hydrogens is 272 g/mol. The van der Waals surface area contributed by atoms with Crippen molar-refractivity contribution in [2.75, 3.05) is 6.54 Å². The molecule has 1 atom stereocenters. The van der Waals surface area contributed by atoms with Gasteiger partial charge in [0.25, 0.3) is 5.91 Å². The van der Waals surface area contributed by atoms with E-state index in [1.165, 1.54) is 23.2 Å². The molecule has 1 aromatic heterocycles. The lowest BCUT2D eigenvalue weighted by Crippen LogP contribution is -2.43. The first-order chi connectivity index (χ1) is 9.78. The summed E-state index contributed by atoms with van der Waals surface area (Å²) in [6, 6.07) is 2.21. The molecule has 0 saturated carbocycles. The number of aromatic nitrogens is 1. The molecule has 2 heterocycles. The Kier molecular flexibility index (Phi) is 4.16. The zero-order chi connectivity index (χ0) is 15.6. The fourth-order valence-corrected chi connectivity index (χ4v) is 2.37. The standard InChI is InChI=1S/C15H20N2O4/c1-15(2,3)21-14(20)11-5-4-8-17(11)13(19)10-6-7-16-12(18)9-10/h6-7,9,11H,4-5,8H2,1-3H3,(H,16,18)/t11-/m0/s1. The summed E-state index contributed by atoms with van der Waals surface area (Å²) in [5, 5.41) is 0. The van der Waals surface area contributed by atoms with Crippen LogP contribution in [0.5, 0.6) is 0 Å². The molecule has 21 heavy (non-hydrogen) atoms. The van der Waals surface area contributed by atoms with E-state index in [9.17, 15) is 14.4 Å². The van der Waals surface area contributed by atoms with Crippen molar-refractivity contribution in [3.8, 4) is 0 Å². The number of nitrogens with zero attached hydrogens (tertiary/aromatic N) is 1. The van der Waals surface area contributed by atoms with Crippen LogP contribution in [0.1, 0.15) is 44.0 Å². The van der Waals surface area contributed by atoms with E-state index in [-0.39, 0.29) is 17.0 Å². The van der Waals surface area contributed by atoms with Gasteiger partial charge in [-0.2, -0.15) is 0 Å². The Hall–Kier alpha value is -2.11. The zero-order valence-corrected chi connectivity index (χ0v) is 12.5. The van der Waals surface area contributed by atoms with Gasteiger partial charge in [0.15, 0.2) is 0 Å². The minimum Gasteiger partial charge on any atom is -0.458 e. The van der Waals surface area contributed by atoms with Crippen molar-refractivity contribution in [3.63, 3.8) is 0 Å². The summed E-state index contributed by atoms with van der Waals surface area (Å²) in [7, 11) is 0. The highest BCUT2D eigenvalue weighted by Crippen LogP contribution is 2.22. The topological polar surface area (TPSA) is 79.5 Å². The second kappa shape index (κ2) is 5.71. The number of nitrogens with one attached hydrogen (secondary N) is 1. The molecule has 1 aromatic rings. The number of ether oxygens (including phenoxy) is 1. The Bertz CT molecular complexity index is 600. The maximum Gasteiger partial charge on any atom is 0.329 e. The van der Waals surface area contributed by atoms with E-state index in [2.05, 4.69) is 4.98 Å². The second-order valence-electron chi connectivity index (χ2n) is 6.13. The molecule has 1 aliphatic heterocycles. The van der Waals surface area contributed by atoms with Gasteiger partial charge >= 0.3 is 5.97 Å². The summed E-state index contributed by atoms with van der Waals surface area (Å²) in [5.41, 5.74) is -0.638. The molecule has 0 unspecified atom stereocenters. The van der Waals surface area contributed by atoms with Gasteiger partial charge in [0.1, 0.15) is 11.6 Å². The second-order valence-corrected chi connectivity index (χ2v) is 6.13. The van der Waals surface area contributed by atoms with Crippen LogP contribution in [0, 0.1) is 0 Å². The van der Waals surface area contributed by atoms with E-state index in [0.29, 0.717) is 13.0 Å². The highest BCUT2D eigenvalue weighted by Gasteiger charge is 2.37. The van der Waals surface area contributed by atoms with Gasteiger partial charge in [-0.05, 0) is 39.7 Å². The van der Waals surface area contributed by atoms with Gasteiger partial charge in [0, 0.05) is 24.4 Å². The third-order valence-corrected chi connectivity index (χ3v) is 3.21. The SMILES string of the molecule is CC(C)(C)OC(=O)[C@@H]1CCCN1C(=O)c1cc[nH]c(=O)c1. The summed E-state index contributed by atoms with van der Waals surface area (Å²) in [6.45, 7) is 5.88. The number of hydrogen-bond acceptors (Lipinski definition) is 4. The quantitative estimate of drug-likeness (QED) is 0.834. The Morgan fingerprint density at radius 3 is 2.71 bits per heavy atom. The summed E-state index contributed by atoms with van der Waals surface area (Å²) < 4.78 is 5.36. The highest BCUT2D eigenvalue weighted by atomic mass is 16.6. The first kappa shape index (κ1) is 15.3. The molecule has 6 heteroatoms. The largest absolute Gasteiger partial charge is 0.458 e. The van der Waals surface area contributed by atoms with Crippen molar-refractivity contribution in [1.82, 2.24) is 9.88 Å². The molecule has 1 saturated heterocycles. The maximum atomic E-state index is 12.4. The van der Waals surface area contributed by atoms with E-state index >= 15 is 0 Å². The first-order valence-corrected chi connectivity index (χ1v) is 7.00. The van der Waals surface area contributed by atoms with Crippen LogP contribution < -0.4 is 5.56 Å². The van der Waals surface area contributed by atoms with Crippen molar-refractivity contribution >= 4 is 11.9 Å². The van der Waals surface area contributed by atoms with Gasteiger partial charge < -0.3 is 14.6 Å². The van der Waals surface area contributed by atoms with Crippen LogP contribution in [0.25, 0.3) is 0 Å². The van der Waals surface area contributed by atoms with Crippen molar-refractivity contribution in [3.05, 3.63) is 34.2 Å². The van der Waals surface area contributed by atoms with Gasteiger partial charge in [-0.25, -0.2) is 4.79 Å². The number of hydrogen-bond donors (Lipinski definition) is 1. The van der Waals surface area contributed by atoms with Crippen LogP contribution in [-0.2, 0) is 9.53 Å². The molecule has 1 N–H and O–H groups in total. The average Bonchev–Trinajstić information content (AvgIpc) is 2.85. The molecule has 6 nitrogen and oxygen atoms in total. The number of esters is 1. The first-order valence-electron chi connectivity index (χ1n) is 7.00. The lowest BCUT2D eigenvalue weighted by molar-refractivity contribution is -0.159. The van der Waals surface area contributed by atoms with Crippen molar-refractivity contribution in [2.45, 2.75) is 45.3 Å². The Morgan fingerprint density at radius 2 is 2.10 bits per heavy atom. The van der Waals surface area contributed by atoms with Gasteiger partial charge in [-0.1, -0.05) is 0 Å². The van der Waals surface area contributed by atoms with Crippen LogP contribution in [0.3, 0.4) is 0 Å². The third-order valence-electron chi connectivity index (χ3n) is 3.21. The molecule has 2 rings (SSSR count). The molecule has 1 fully saturated rings. The molecule has 0 aromatic carbocycles. The number of H-pyrrole nitrogens is 1. The number of rotatable bonds is 2. The number of aromatic amines is 1. The number of carbonyl (C=O) groups excluding carboxylic acids is 2. The monoisotopic (exact) mass is 292 g/mol. The molecule has 1 amide bonds. The third kappa shape index (κ3) is 3.71. The Labute approximate surface area is 123 Å². The predicted octanol–water partition coefficient (Wildman–Crippen LogP) is 1.32. The van der Waals surface area contributed by atoms with Crippen molar-refractivity contribution in [2.24, 2.45) is 0 Å². The minimum absolute atomic E-state index is 0.286. The van der Waals surface area contributed by atoms with Crippen LogP contribution in [0.2, 0.25) is 0 Å². The number of likely N-dealkylation sites (tertiary alicyclic amines) is 1. The van der Waals surface area contributed by atoms with Crippen molar-refractivity contribution < 1.29 is 14.3 Å². The molecule has 0 bridgehead atoms. The summed E-state index contributed by atoms with van der Waals surface area (Å²) in [4.78, 5) is 39.9. The van der Waals surface area contributed by atoms with Crippen LogP contribution in [0.4, 0.5) is 0 Å². The number of amides is 1. The van der Waals surface area contributed by atoms with Crippen LogP contribution >= 0.6 is 0 Å². The summed E-state index contributed by atoms with van der Waals surface area (Å²) >= 11 is 0. The molecule has 0 spiro atoms. The molecule has 1 aliphatic rings. The molecule has 0 aliphatic carbocycles. The van der Waals surface area contributed by atoms with E-state index in [0.717, 1.165) is 6.42 Å². The van der Waals surface area contributed by atoms with E-state index in [1.54, 1.807) is 20.8 Å². The molecule has 114 valence electrons. The number of carbonyl (C=O) groups is 2. The van der Waals surface area contributed by atoms with Crippen molar-refractivity contribution in [1.29, 1.82) is 0 Å². The fourth-order valence-electron chi connectivity index (χ4n) is 2.37. The van der Waals surface area contributed by atoms with E-state index in [4.69, 9.17) is 4.74 Å². The van der Waals surface area contributed by atoms with Gasteiger partial charge in [-0.3, -0.25) is 9.59 Å². The van der Waals surface area contributed by atoms with Gasteiger partial charge in [-0.15, -0.1) is 0 Å². The minimum atomic E-state index is -0.585. The van der Waals surface area contributed by atoms with Gasteiger partial charge in [0.05, 0.1) is 0 Å².